The molecular formula is C15H8ClN3O3S. The van der Waals surface area contributed by atoms with Crippen LogP contribution in [0.25, 0.3) is 22.4 Å². The molecule has 0 aliphatic carbocycles. The Morgan fingerprint density at radius 1 is 1.39 bits per heavy atom. The van der Waals surface area contributed by atoms with E-state index in [4.69, 9.17) is 16.1 Å². The summed E-state index contributed by atoms with van der Waals surface area (Å²) in [5, 5.41) is 34.0. The lowest BCUT2D eigenvalue weighted by Crippen LogP contribution is -1.83. The van der Waals surface area contributed by atoms with E-state index in [1.54, 1.807) is 0 Å². The van der Waals surface area contributed by atoms with Gasteiger partial charge in [0, 0.05) is 0 Å². The molecule has 8 heteroatoms. The van der Waals surface area contributed by atoms with Gasteiger partial charge in [-0.15, -0.1) is 11.3 Å². The molecule has 2 N–H and O–H groups in total. The number of rotatable bonds is 3. The highest BCUT2D eigenvalue weighted by Crippen LogP contribution is 2.35. The van der Waals surface area contributed by atoms with E-state index in [0.29, 0.717) is 11.4 Å². The van der Waals surface area contributed by atoms with Gasteiger partial charge in [-0.25, -0.2) is 0 Å². The van der Waals surface area contributed by atoms with E-state index in [1.807, 2.05) is 23.6 Å². The molecule has 3 aromatic rings. The molecule has 2 heterocycles. The zero-order valence-corrected chi connectivity index (χ0v) is 13.0. The lowest BCUT2D eigenvalue weighted by Gasteiger charge is -2.02. The number of allylic oxidation sites excluding steroid dienone is 1. The van der Waals surface area contributed by atoms with Crippen LogP contribution >= 0.6 is 22.9 Å². The normalized spacial score (nSPS) is 11.4. The minimum atomic E-state index is -0.417. The summed E-state index contributed by atoms with van der Waals surface area (Å²) in [5.41, 5.74) is 0.527. The summed E-state index contributed by atoms with van der Waals surface area (Å²) >= 11 is 7.24. The molecule has 0 saturated carbocycles. The first-order valence-corrected chi connectivity index (χ1v) is 7.55. The van der Waals surface area contributed by atoms with Crippen molar-refractivity contribution in [3.63, 3.8) is 0 Å². The minimum Gasteiger partial charge on any atom is -0.504 e. The fourth-order valence-corrected chi connectivity index (χ4v) is 2.71. The summed E-state index contributed by atoms with van der Waals surface area (Å²) in [7, 11) is 0. The summed E-state index contributed by atoms with van der Waals surface area (Å²) in [5.74, 6) is -0.353. The molecule has 0 radical (unpaired) electrons. The molecule has 23 heavy (non-hydrogen) atoms. The van der Waals surface area contributed by atoms with Gasteiger partial charge in [-0.05, 0) is 35.2 Å². The number of halogens is 1. The van der Waals surface area contributed by atoms with Gasteiger partial charge in [0.05, 0.1) is 9.90 Å². The number of nitrogens with zero attached hydrogens (tertiary/aromatic N) is 3. The van der Waals surface area contributed by atoms with Crippen LogP contribution in [0.5, 0.6) is 11.5 Å². The Kier molecular flexibility index (Phi) is 4.02. The molecule has 2 aromatic heterocycles. The van der Waals surface area contributed by atoms with Gasteiger partial charge >= 0.3 is 0 Å². The van der Waals surface area contributed by atoms with Crippen molar-refractivity contribution in [1.82, 2.24) is 10.1 Å². The van der Waals surface area contributed by atoms with Gasteiger partial charge in [0.1, 0.15) is 11.6 Å². The molecule has 0 atom stereocenters. The zero-order valence-electron chi connectivity index (χ0n) is 11.4. The third-order valence-corrected chi connectivity index (χ3v) is 4.05. The molecule has 114 valence electrons. The van der Waals surface area contributed by atoms with Crippen LogP contribution in [0.2, 0.25) is 5.02 Å². The topological polar surface area (TPSA) is 103 Å². The quantitative estimate of drug-likeness (QED) is 0.550. The Bertz CT molecular complexity index is 903. The predicted octanol–water partition coefficient (Wildman–Crippen LogP) is 3.93. The van der Waals surface area contributed by atoms with Crippen LogP contribution < -0.4 is 0 Å². The Balaban J connectivity index is 1.99. The molecule has 0 saturated heterocycles. The summed E-state index contributed by atoms with van der Waals surface area (Å²) in [6, 6.07) is 8.34. The fourth-order valence-electron chi connectivity index (χ4n) is 1.84. The van der Waals surface area contributed by atoms with Crippen molar-refractivity contribution in [2.75, 3.05) is 0 Å². The average molecular weight is 346 g/mol. The highest BCUT2D eigenvalue weighted by molar-refractivity contribution is 7.13. The maximum absolute atomic E-state index is 9.57. The van der Waals surface area contributed by atoms with Crippen molar-refractivity contribution in [2.45, 2.75) is 0 Å². The Labute approximate surface area is 139 Å². The van der Waals surface area contributed by atoms with Crippen molar-refractivity contribution in [1.29, 1.82) is 5.26 Å². The lowest BCUT2D eigenvalue weighted by molar-refractivity contribution is 0.404. The number of thiophene rings is 1. The molecule has 0 amide bonds. The monoisotopic (exact) mass is 345 g/mol. The molecule has 6 nitrogen and oxygen atoms in total. The second kappa shape index (κ2) is 6.12. The maximum Gasteiger partial charge on any atom is 0.268 e. The highest BCUT2D eigenvalue weighted by atomic mass is 35.5. The molecule has 0 unspecified atom stereocenters. The van der Waals surface area contributed by atoms with E-state index in [2.05, 4.69) is 10.1 Å². The van der Waals surface area contributed by atoms with Crippen LogP contribution in [0.1, 0.15) is 11.5 Å². The first-order valence-electron chi connectivity index (χ1n) is 6.29. The number of benzene rings is 1. The molecule has 3 rings (SSSR count). The van der Waals surface area contributed by atoms with Crippen LogP contribution in [0.3, 0.4) is 0 Å². The van der Waals surface area contributed by atoms with Gasteiger partial charge in [0.15, 0.2) is 11.5 Å². The van der Waals surface area contributed by atoms with Crippen molar-refractivity contribution in [3.05, 3.63) is 46.1 Å². The number of hydrogen-bond donors (Lipinski definition) is 2. The highest BCUT2D eigenvalue weighted by Gasteiger charge is 2.14. The molecule has 1 aromatic carbocycles. The SMILES string of the molecule is N#C/C(=C\c1cc(O)c(O)c(Cl)c1)c1nc(-c2cccs2)no1. The van der Waals surface area contributed by atoms with Gasteiger partial charge in [-0.2, -0.15) is 10.2 Å². The van der Waals surface area contributed by atoms with Crippen LogP contribution in [0.15, 0.2) is 34.2 Å². The lowest BCUT2D eigenvalue weighted by atomic mass is 10.1. The van der Waals surface area contributed by atoms with E-state index in [9.17, 15) is 15.5 Å². The fraction of sp³-hybridized carbons (Fsp3) is 0. The summed E-state index contributed by atoms with van der Waals surface area (Å²) in [6.45, 7) is 0. The number of hydrogen-bond acceptors (Lipinski definition) is 7. The van der Waals surface area contributed by atoms with E-state index in [0.717, 1.165) is 4.88 Å². The molecule has 0 aliphatic heterocycles. The maximum atomic E-state index is 9.57. The number of aromatic hydroxyl groups is 2. The van der Waals surface area contributed by atoms with Gasteiger partial charge < -0.3 is 14.7 Å². The predicted molar refractivity (Wildman–Crippen MR) is 85.9 cm³/mol. The van der Waals surface area contributed by atoms with Gasteiger partial charge in [0.25, 0.3) is 5.89 Å². The first-order chi connectivity index (χ1) is 11.1. The second-order valence-electron chi connectivity index (χ2n) is 4.44. The largest absolute Gasteiger partial charge is 0.504 e. The second-order valence-corrected chi connectivity index (χ2v) is 5.80. The van der Waals surface area contributed by atoms with E-state index < -0.39 is 5.75 Å². The van der Waals surface area contributed by atoms with Crippen LogP contribution in [-0.4, -0.2) is 20.4 Å². The zero-order chi connectivity index (χ0) is 16.4. The van der Waals surface area contributed by atoms with Crippen molar-refractivity contribution < 1.29 is 14.7 Å². The Hall–Kier alpha value is -2.82. The van der Waals surface area contributed by atoms with Crippen LogP contribution in [0.4, 0.5) is 0 Å². The number of nitriles is 1. The average Bonchev–Trinajstić information content (AvgIpc) is 3.20. The Morgan fingerprint density at radius 3 is 2.87 bits per heavy atom. The third kappa shape index (κ3) is 3.04. The molecular weight excluding hydrogens is 338 g/mol. The first kappa shape index (κ1) is 15.1. The smallest absolute Gasteiger partial charge is 0.268 e. The summed E-state index contributed by atoms with van der Waals surface area (Å²) in [6.07, 6.45) is 1.43. The van der Waals surface area contributed by atoms with Crippen LogP contribution in [0, 0.1) is 11.3 Å². The Morgan fingerprint density at radius 2 is 2.22 bits per heavy atom. The van der Waals surface area contributed by atoms with Crippen molar-refractivity contribution >= 4 is 34.6 Å². The molecule has 0 aliphatic rings. The molecule has 0 spiro atoms. The number of aromatic nitrogens is 2. The number of phenolic OH excluding ortho intramolecular Hbond substituents is 2. The molecule has 0 fully saturated rings. The van der Waals surface area contributed by atoms with E-state index in [1.165, 1.54) is 29.5 Å². The van der Waals surface area contributed by atoms with Crippen molar-refractivity contribution in [3.8, 4) is 28.3 Å². The van der Waals surface area contributed by atoms with E-state index in [-0.39, 0.29) is 22.2 Å². The summed E-state index contributed by atoms with van der Waals surface area (Å²) in [4.78, 5) is 5.00. The van der Waals surface area contributed by atoms with Crippen LogP contribution in [-0.2, 0) is 0 Å². The third-order valence-electron chi connectivity index (χ3n) is 2.90. The van der Waals surface area contributed by atoms with Gasteiger partial charge in [0.2, 0.25) is 5.82 Å². The van der Waals surface area contributed by atoms with E-state index >= 15 is 0 Å². The summed E-state index contributed by atoms with van der Waals surface area (Å²) < 4.78 is 5.11. The number of phenols is 2. The minimum absolute atomic E-state index is 0.0293. The van der Waals surface area contributed by atoms with Crippen molar-refractivity contribution in [2.24, 2.45) is 0 Å². The van der Waals surface area contributed by atoms with Gasteiger partial charge in [-0.3, -0.25) is 0 Å². The van der Waals surface area contributed by atoms with Gasteiger partial charge in [-0.1, -0.05) is 22.8 Å². The molecule has 0 bridgehead atoms. The standard InChI is InChI=1S/C15H8ClN3O3S/c16-10-5-8(6-11(20)13(10)21)4-9(7-17)15-18-14(19-22-15)12-2-1-3-23-12/h1-6,20-21H/b9-4+.